The molecule has 0 aromatic heterocycles. The van der Waals surface area contributed by atoms with Crippen molar-refractivity contribution in [2.24, 2.45) is 5.73 Å². The van der Waals surface area contributed by atoms with Gasteiger partial charge in [0.05, 0.1) is 13.7 Å². The normalized spacial score (nSPS) is 16.0. The van der Waals surface area contributed by atoms with Crippen molar-refractivity contribution in [3.8, 4) is 11.5 Å². The Morgan fingerprint density at radius 2 is 1.86 bits per heavy atom. The summed E-state index contributed by atoms with van der Waals surface area (Å²) in [4.78, 5) is 13.8. The summed E-state index contributed by atoms with van der Waals surface area (Å²) in [6, 6.07) is 18.6. The summed E-state index contributed by atoms with van der Waals surface area (Å²) in [6.07, 6.45) is -0.833. The first kappa shape index (κ1) is 18.6. The minimum Gasteiger partial charge on any atom is -0.497 e. The van der Waals surface area contributed by atoms with Gasteiger partial charge in [0, 0.05) is 11.3 Å². The SMILES string of the molecule is COc1ccc2cc(OCC3CN(c4cccc(C(=N)N)c4)C(=O)O3)ccc2c1. The van der Waals surface area contributed by atoms with E-state index in [-0.39, 0.29) is 12.4 Å². The number of carbonyl (C=O) groups excluding carboxylic acids is 1. The fraction of sp³-hybridized carbons (Fsp3) is 0.182. The third-order valence-electron chi connectivity index (χ3n) is 4.80. The number of hydrogen-bond acceptors (Lipinski definition) is 5. The molecule has 1 saturated heterocycles. The van der Waals surface area contributed by atoms with Gasteiger partial charge in [-0.2, -0.15) is 0 Å². The third kappa shape index (κ3) is 3.94. The lowest BCUT2D eigenvalue weighted by molar-refractivity contribution is 0.105. The molecule has 3 aromatic rings. The van der Waals surface area contributed by atoms with E-state index in [2.05, 4.69) is 0 Å². The summed E-state index contributed by atoms with van der Waals surface area (Å²) >= 11 is 0. The second-order valence-corrected chi connectivity index (χ2v) is 6.77. The topological polar surface area (TPSA) is 97.9 Å². The molecule has 4 rings (SSSR count). The maximum atomic E-state index is 12.3. The molecule has 1 atom stereocenters. The summed E-state index contributed by atoms with van der Waals surface area (Å²) in [5.74, 6) is 1.46. The van der Waals surface area contributed by atoms with Crippen molar-refractivity contribution in [3.63, 3.8) is 0 Å². The van der Waals surface area contributed by atoms with Crippen LogP contribution < -0.4 is 20.1 Å². The van der Waals surface area contributed by atoms with Gasteiger partial charge in [-0.3, -0.25) is 10.3 Å². The number of rotatable bonds is 6. The van der Waals surface area contributed by atoms with E-state index in [9.17, 15) is 4.79 Å². The smallest absolute Gasteiger partial charge is 0.414 e. The third-order valence-corrected chi connectivity index (χ3v) is 4.80. The molecule has 3 aromatic carbocycles. The number of anilines is 1. The summed E-state index contributed by atoms with van der Waals surface area (Å²) in [5.41, 5.74) is 6.73. The first-order valence-electron chi connectivity index (χ1n) is 9.17. The average molecular weight is 391 g/mol. The summed E-state index contributed by atoms with van der Waals surface area (Å²) in [7, 11) is 1.64. The van der Waals surface area contributed by atoms with Crippen molar-refractivity contribution in [2.45, 2.75) is 6.10 Å². The Morgan fingerprint density at radius 1 is 1.14 bits per heavy atom. The maximum Gasteiger partial charge on any atom is 0.414 e. The van der Waals surface area contributed by atoms with Crippen LogP contribution in [0, 0.1) is 5.41 Å². The van der Waals surface area contributed by atoms with E-state index in [0.29, 0.717) is 23.5 Å². The summed E-state index contributed by atoms with van der Waals surface area (Å²) < 4.78 is 16.5. The Bertz CT molecular complexity index is 1080. The first-order chi connectivity index (χ1) is 14.0. The minimum atomic E-state index is -0.440. The van der Waals surface area contributed by atoms with Gasteiger partial charge in [0.2, 0.25) is 0 Å². The number of methoxy groups -OCH3 is 1. The maximum absolute atomic E-state index is 12.3. The zero-order chi connectivity index (χ0) is 20.4. The molecule has 1 aliphatic rings. The van der Waals surface area contributed by atoms with Gasteiger partial charge in [-0.15, -0.1) is 0 Å². The Morgan fingerprint density at radius 3 is 2.59 bits per heavy atom. The molecule has 0 radical (unpaired) electrons. The van der Waals surface area contributed by atoms with E-state index < -0.39 is 12.2 Å². The molecule has 0 bridgehead atoms. The Hall–Kier alpha value is -3.74. The quantitative estimate of drug-likeness (QED) is 0.495. The lowest BCUT2D eigenvalue weighted by Crippen LogP contribution is -2.27. The number of cyclic esters (lactones) is 1. The highest BCUT2D eigenvalue weighted by Gasteiger charge is 2.33. The number of carbonyl (C=O) groups is 1. The second kappa shape index (κ2) is 7.71. The highest BCUT2D eigenvalue weighted by Crippen LogP contribution is 2.26. The Labute approximate surface area is 168 Å². The van der Waals surface area contributed by atoms with E-state index in [1.165, 1.54) is 4.90 Å². The molecule has 7 nitrogen and oxygen atoms in total. The van der Waals surface area contributed by atoms with Crippen LogP contribution in [-0.2, 0) is 4.74 Å². The van der Waals surface area contributed by atoms with Gasteiger partial charge in [0.1, 0.15) is 23.9 Å². The predicted octanol–water partition coefficient (Wildman–Crippen LogP) is 3.54. The van der Waals surface area contributed by atoms with Crippen LogP contribution in [-0.4, -0.2) is 38.3 Å². The molecule has 0 spiro atoms. The molecule has 1 fully saturated rings. The number of amidine groups is 1. The average Bonchev–Trinajstić information content (AvgIpc) is 3.12. The summed E-state index contributed by atoms with van der Waals surface area (Å²) in [5, 5.41) is 9.64. The Balaban J connectivity index is 1.42. The standard InChI is InChI=1S/C22H21N3O4/c1-27-18-7-5-15-11-19(8-6-14(15)10-18)28-13-20-12-25(22(26)29-20)17-4-2-3-16(9-17)21(23)24/h2-11,20H,12-13H2,1H3,(H3,23,24). The number of benzene rings is 3. The molecular formula is C22H21N3O4. The van der Waals surface area contributed by atoms with Gasteiger partial charge < -0.3 is 19.9 Å². The number of nitrogens with one attached hydrogen (secondary N) is 1. The fourth-order valence-corrected chi connectivity index (χ4v) is 3.27. The molecule has 148 valence electrons. The zero-order valence-corrected chi connectivity index (χ0v) is 15.9. The van der Waals surface area contributed by atoms with Crippen molar-refractivity contribution in [1.82, 2.24) is 0 Å². The van der Waals surface area contributed by atoms with E-state index >= 15 is 0 Å². The minimum absolute atomic E-state index is 0.0479. The number of ether oxygens (including phenoxy) is 3. The second-order valence-electron chi connectivity index (χ2n) is 6.77. The number of fused-ring (bicyclic) bond motifs is 1. The van der Waals surface area contributed by atoms with E-state index in [1.807, 2.05) is 36.4 Å². The number of nitrogens with two attached hydrogens (primary N) is 1. The molecule has 3 N–H and O–H groups in total. The monoisotopic (exact) mass is 391 g/mol. The van der Waals surface area contributed by atoms with Crippen LogP contribution in [0.4, 0.5) is 10.5 Å². The molecule has 0 aliphatic carbocycles. The van der Waals surface area contributed by atoms with Gasteiger partial charge in [0.15, 0.2) is 6.10 Å². The number of hydrogen-bond donors (Lipinski definition) is 2. The van der Waals surface area contributed by atoms with Crippen molar-refractivity contribution in [2.75, 3.05) is 25.2 Å². The van der Waals surface area contributed by atoms with E-state index in [4.69, 9.17) is 25.4 Å². The van der Waals surface area contributed by atoms with Crippen molar-refractivity contribution in [1.29, 1.82) is 5.41 Å². The number of amides is 1. The fourth-order valence-electron chi connectivity index (χ4n) is 3.27. The van der Waals surface area contributed by atoms with Crippen LogP contribution in [0.2, 0.25) is 0 Å². The lowest BCUT2D eigenvalue weighted by atomic mass is 10.1. The van der Waals surface area contributed by atoms with Crippen LogP contribution >= 0.6 is 0 Å². The highest BCUT2D eigenvalue weighted by molar-refractivity contribution is 5.97. The molecule has 1 amide bonds. The molecule has 0 saturated carbocycles. The van der Waals surface area contributed by atoms with Crippen LogP contribution in [0.3, 0.4) is 0 Å². The van der Waals surface area contributed by atoms with Gasteiger partial charge in [0.25, 0.3) is 0 Å². The summed E-state index contributed by atoms with van der Waals surface area (Å²) in [6.45, 7) is 0.612. The van der Waals surface area contributed by atoms with Crippen molar-refractivity contribution in [3.05, 3.63) is 66.2 Å². The molecule has 1 unspecified atom stereocenters. The molecular weight excluding hydrogens is 370 g/mol. The predicted molar refractivity (Wildman–Crippen MR) is 111 cm³/mol. The van der Waals surface area contributed by atoms with Crippen molar-refractivity contribution < 1.29 is 19.0 Å². The van der Waals surface area contributed by atoms with Gasteiger partial charge in [-0.1, -0.05) is 24.3 Å². The van der Waals surface area contributed by atoms with Crippen LogP contribution in [0.1, 0.15) is 5.56 Å². The molecule has 1 aliphatic heterocycles. The largest absolute Gasteiger partial charge is 0.497 e. The molecule has 7 heteroatoms. The van der Waals surface area contributed by atoms with Gasteiger partial charge >= 0.3 is 6.09 Å². The van der Waals surface area contributed by atoms with E-state index in [1.54, 1.807) is 31.4 Å². The Kier molecular flexibility index (Phi) is 4.95. The number of nitrogen functional groups attached to an aromatic ring is 1. The van der Waals surface area contributed by atoms with Crippen LogP contribution in [0.5, 0.6) is 11.5 Å². The molecule has 1 heterocycles. The van der Waals surface area contributed by atoms with Crippen molar-refractivity contribution >= 4 is 28.4 Å². The van der Waals surface area contributed by atoms with Gasteiger partial charge in [-0.25, -0.2) is 4.79 Å². The molecule has 29 heavy (non-hydrogen) atoms. The number of nitrogens with zero attached hydrogens (tertiary/aromatic N) is 1. The first-order valence-corrected chi connectivity index (χ1v) is 9.17. The lowest BCUT2D eigenvalue weighted by Gasteiger charge is -2.14. The highest BCUT2D eigenvalue weighted by atomic mass is 16.6. The zero-order valence-electron chi connectivity index (χ0n) is 15.9. The van der Waals surface area contributed by atoms with Gasteiger partial charge in [-0.05, 0) is 47.2 Å². The van der Waals surface area contributed by atoms with Crippen LogP contribution in [0.15, 0.2) is 60.7 Å². The van der Waals surface area contributed by atoms with Crippen LogP contribution in [0.25, 0.3) is 10.8 Å². The van der Waals surface area contributed by atoms with E-state index in [0.717, 1.165) is 16.5 Å².